The number of non-ortho nitro benzene ring substituents is 1. The molecule has 0 fully saturated rings. The summed E-state index contributed by atoms with van der Waals surface area (Å²) < 4.78 is 0. The van der Waals surface area contributed by atoms with Gasteiger partial charge in [0.15, 0.2) is 0 Å². The number of hydrogen-bond acceptors (Lipinski definition) is 4. The summed E-state index contributed by atoms with van der Waals surface area (Å²) in [7, 11) is 0. The number of hydrogen-bond donors (Lipinski definition) is 2. The van der Waals surface area contributed by atoms with Crippen LogP contribution in [0.5, 0.6) is 0 Å². The number of rotatable bonds is 4. The van der Waals surface area contributed by atoms with Crippen LogP contribution >= 0.6 is 0 Å². The number of nitro groups is 1. The average Bonchev–Trinajstić information content (AvgIpc) is 2.47. The molecule has 2 aromatic carbocycles. The van der Waals surface area contributed by atoms with Crippen molar-refractivity contribution in [1.29, 1.82) is 0 Å². The second-order valence-corrected chi connectivity index (χ2v) is 4.61. The molecule has 0 saturated heterocycles. The van der Waals surface area contributed by atoms with Gasteiger partial charge in [-0.15, -0.1) is 0 Å². The molecule has 0 heterocycles. The Hall–Kier alpha value is -2.73. The number of amides is 1. The van der Waals surface area contributed by atoms with Crippen LogP contribution < -0.4 is 11.1 Å². The van der Waals surface area contributed by atoms with Crippen molar-refractivity contribution < 1.29 is 9.72 Å². The van der Waals surface area contributed by atoms with Crippen LogP contribution in [0.4, 0.5) is 11.4 Å². The number of anilines is 1. The summed E-state index contributed by atoms with van der Waals surface area (Å²) in [4.78, 5) is 22.5. The molecule has 0 atom stereocenters. The van der Waals surface area contributed by atoms with E-state index in [4.69, 9.17) is 5.73 Å². The van der Waals surface area contributed by atoms with Gasteiger partial charge in [0.05, 0.1) is 4.92 Å². The normalized spacial score (nSPS) is 10.2. The first kappa shape index (κ1) is 14.7. The maximum atomic E-state index is 12.2. The first-order valence-electron chi connectivity index (χ1n) is 6.36. The van der Waals surface area contributed by atoms with Gasteiger partial charge in [0.2, 0.25) is 0 Å². The van der Waals surface area contributed by atoms with E-state index in [9.17, 15) is 14.9 Å². The maximum absolute atomic E-state index is 12.2. The van der Waals surface area contributed by atoms with Gasteiger partial charge >= 0.3 is 0 Å². The van der Waals surface area contributed by atoms with E-state index in [1.54, 1.807) is 31.2 Å². The van der Waals surface area contributed by atoms with E-state index < -0.39 is 4.92 Å². The van der Waals surface area contributed by atoms with Crippen LogP contribution in [-0.2, 0) is 6.54 Å². The average molecular weight is 285 g/mol. The van der Waals surface area contributed by atoms with Crippen molar-refractivity contribution in [2.45, 2.75) is 13.5 Å². The van der Waals surface area contributed by atoms with Crippen LogP contribution in [0.25, 0.3) is 0 Å². The SMILES string of the molecule is Cc1ccc([N+](=O)[O-])cc1C(=O)Nc1cccc(CN)c1. The van der Waals surface area contributed by atoms with Gasteiger partial charge in [0, 0.05) is 29.9 Å². The summed E-state index contributed by atoms with van der Waals surface area (Å²) in [5.41, 5.74) is 7.89. The Morgan fingerprint density at radius 2 is 2.05 bits per heavy atom. The largest absolute Gasteiger partial charge is 0.326 e. The molecule has 6 heteroatoms. The number of benzene rings is 2. The van der Waals surface area contributed by atoms with Crippen molar-refractivity contribution >= 4 is 17.3 Å². The molecule has 6 nitrogen and oxygen atoms in total. The molecule has 21 heavy (non-hydrogen) atoms. The van der Waals surface area contributed by atoms with Crippen LogP contribution in [0.15, 0.2) is 42.5 Å². The highest BCUT2D eigenvalue weighted by atomic mass is 16.6. The molecule has 0 radical (unpaired) electrons. The highest BCUT2D eigenvalue weighted by Crippen LogP contribution is 2.19. The van der Waals surface area contributed by atoms with E-state index in [0.29, 0.717) is 17.8 Å². The van der Waals surface area contributed by atoms with E-state index in [2.05, 4.69) is 5.32 Å². The highest BCUT2D eigenvalue weighted by molar-refractivity contribution is 6.05. The van der Waals surface area contributed by atoms with Crippen molar-refractivity contribution in [2.24, 2.45) is 5.73 Å². The molecule has 0 aromatic heterocycles. The van der Waals surface area contributed by atoms with Crippen molar-refractivity contribution in [1.82, 2.24) is 0 Å². The third-order valence-electron chi connectivity index (χ3n) is 3.10. The lowest BCUT2D eigenvalue weighted by atomic mass is 10.1. The Labute approximate surface area is 121 Å². The fourth-order valence-corrected chi connectivity index (χ4v) is 1.94. The molecule has 0 spiro atoms. The number of nitrogens with one attached hydrogen (secondary N) is 1. The molecule has 0 unspecified atom stereocenters. The topological polar surface area (TPSA) is 98.3 Å². The third-order valence-corrected chi connectivity index (χ3v) is 3.10. The molecule has 0 bridgehead atoms. The zero-order chi connectivity index (χ0) is 15.4. The third kappa shape index (κ3) is 3.43. The second-order valence-electron chi connectivity index (χ2n) is 4.61. The first-order chi connectivity index (χ1) is 10.0. The first-order valence-corrected chi connectivity index (χ1v) is 6.36. The van der Waals surface area contributed by atoms with Gasteiger partial charge in [-0.2, -0.15) is 0 Å². The molecule has 0 saturated carbocycles. The molecule has 3 N–H and O–H groups in total. The Bertz CT molecular complexity index is 698. The number of nitrogens with two attached hydrogens (primary N) is 1. The van der Waals surface area contributed by atoms with E-state index in [1.165, 1.54) is 12.1 Å². The fourth-order valence-electron chi connectivity index (χ4n) is 1.94. The minimum atomic E-state index is -0.523. The van der Waals surface area contributed by atoms with Gasteiger partial charge in [0.25, 0.3) is 11.6 Å². The van der Waals surface area contributed by atoms with Crippen LogP contribution in [0.1, 0.15) is 21.5 Å². The maximum Gasteiger partial charge on any atom is 0.270 e. The molecular weight excluding hydrogens is 270 g/mol. The Kier molecular flexibility index (Phi) is 4.30. The minimum Gasteiger partial charge on any atom is -0.326 e. The van der Waals surface area contributed by atoms with Gasteiger partial charge in [0.1, 0.15) is 0 Å². The van der Waals surface area contributed by atoms with E-state index in [1.807, 2.05) is 6.07 Å². The molecule has 1 amide bonds. The molecule has 2 aromatic rings. The minimum absolute atomic E-state index is 0.110. The van der Waals surface area contributed by atoms with Crippen molar-refractivity contribution in [3.8, 4) is 0 Å². The van der Waals surface area contributed by atoms with Crippen molar-refractivity contribution in [2.75, 3.05) is 5.32 Å². The summed E-state index contributed by atoms with van der Waals surface area (Å²) in [6.07, 6.45) is 0. The number of carbonyl (C=O) groups excluding carboxylic acids is 1. The highest BCUT2D eigenvalue weighted by Gasteiger charge is 2.14. The van der Waals surface area contributed by atoms with Crippen molar-refractivity contribution in [3.05, 3.63) is 69.3 Å². The number of nitrogens with zero attached hydrogens (tertiary/aromatic N) is 1. The zero-order valence-electron chi connectivity index (χ0n) is 11.5. The molecule has 2 rings (SSSR count). The van der Waals surface area contributed by atoms with Gasteiger partial charge in [-0.25, -0.2) is 0 Å². The van der Waals surface area contributed by atoms with Gasteiger partial charge in [-0.1, -0.05) is 18.2 Å². The predicted octanol–water partition coefficient (Wildman–Crippen LogP) is 2.61. The lowest BCUT2D eigenvalue weighted by Gasteiger charge is -2.08. The van der Waals surface area contributed by atoms with Crippen LogP contribution in [0.2, 0.25) is 0 Å². The Balaban J connectivity index is 2.27. The zero-order valence-corrected chi connectivity index (χ0v) is 11.5. The summed E-state index contributed by atoms with van der Waals surface area (Å²) in [5, 5.41) is 13.5. The van der Waals surface area contributed by atoms with Crippen LogP contribution in [0, 0.1) is 17.0 Å². The summed E-state index contributed by atoms with van der Waals surface area (Å²) in [6, 6.07) is 11.4. The van der Waals surface area contributed by atoms with Gasteiger partial charge < -0.3 is 11.1 Å². The predicted molar refractivity (Wildman–Crippen MR) is 80.1 cm³/mol. The molecule has 0 aliphatic heterocycles. The van der Waals surface area contributed by atoms with Crippen molar-refractivity contribution in [3.63, 3.8) is 0 Å². The molecule has 0 aliphatic carbocycles. The van der Waals surface area contributed by atoms with E-state index >= 15 is 0 Å². The smallest absolute Gasteiger partial charge is 0.270 e. The molecule has 108 valence electrons. The summed E-state index contributed by atoms with van der Waals surface area (Å²) in [6.45, 7) is 2.11. The number of carbonyl (C=O) groups is 1. The van der Waals surface area contributed by atoms with Crippen LogP contribution in [0.3, 0.4) is 0 Å². The quantitative estimate of drug-likeness (QED) is 0.666. The number of nitro benzene ring substituents is 1. The summed E-state index contributed by atoms with van der Waals surface area (Å²) in [5.74, 6) is -0.384. The molecule has 0 aliphatic rings. The standard InChI is InChI=1S/C15H15N3O3/c1-10-5-6-13(18(20)21)8-14(10)15(19)17-12-4-2-3-11(7-12)9-16/h2-8H,9,16H2,1H3,(H,17,19). The Morgan fingerprint density at radius 1 is 1.29 bits per heavy atom. The Morgan fingerprint density at radius 3 is 2.71 bits per heavy atom. The van der Waals surface area contributed by atoms with Gasteiger partial charge in [-0.3, -0.25) is 14.9 Å². The summed E-state index contributed by atoms with van der Waals surface area (Å²) >= 11 is 0. The fraction of sp³-hybridized carbons (Fsp3) is 0.133. The lowest BCUT2D eigenvalue weighted by molar-refractivity contribution is -0.384. The lowest BCUT2D eigenvalue weighted by Crippen LogP contribution is -2.14. The van der Waals surface area contributed by atoms with Gasteiger partial charge in [-0.05, 0) is 30.2 Å². The van der Waals surface area contributed by atoms with E-state index in [-0.39, 0.29) is 17.2 Å². The molecular formula is C15H15N3O3. The van der Waals surface area contributed by atoms with Crippen LogP contribution in [-0.4, -0.2) is 10.8 Å². The second kappa shape index (κ2) is 6.15. The number of aryl methyl sites for hydroxylation is 1. The van der Waals surface area contributed by atoms with E-state index in [0.717, 1.165) is 5.56 Å². The monoisotopic (exact) mass is 285 g/mol.